The van der Waals surface area contributed by atoms with Crippen molar-refractivity contribution < 1.29 is 4.79 Å². The quantitative estimate of drug-likeness (QED) is 0.235. The van der Waals surface area contributed by atoms with Gasteiger partial charge in [0.15, 0.2) is 0 Å². The first-order valence-electron chi connectivity index (χ1n) is 3.04. The van der Waals surface area contributed by atoms with Crippen LogP contribution in [0.15, 0.2) is 0 Å². The zero-order chi connectivity index (χ0) is 7.82. The number of carbonyl (C=O) groups is 1. The minimum atomic E-state index is -0.318. The molecular weight excluding hydrogens is 150 g/mol. The van der Waals surface area contributed by atoms with Gasteiger partial charge in [-0.1, -0.05) is 0 Å². The molecule has 0 saturated heterocycles. The van der Waals surface area contributed by atoms with E-state index in [1.165, 1.54) is 0 Å². The van der Waals surface area contributed by atoms with Gasteiger partial charge in [0.1, 0.15) is 0 Å². The van der Waals surface area contributed by atoms with Crippen molar-refractivity contribution in [2.75, 3.05) is 18.6 Å². The third kappa shape index (κ3) is 5.71. The number of nitrogens with one attached hydrogen (secondary N) is 2. The van der Waals surface area contributed by atoms with Crippen LogP contribution in [0.4, 0.5) is 4.79 Å². The summed E-state index contributed by atoms with van der Waals surface area (Å²) in [7, 11) is 0. The first-order chi connectivity index (χ1) is 4.81. The molecule has 0 bridgehead atoms. The third-order valence-corrected chi connectivity index (χ3v) is 1.64. The average molecular weight is 163 g/mol. The summed E-state index contributed by atoms with van der Waals surface area (Å²) in [6.45, 7) is 0.684. The van der Waals surface area contributed by atoms with E-state index in [9.17, 15) is 4.79 Å². The highest BCUT2D eigenvalue weighted by Crippen LogP contribution is 1.92. The lowest BCUT2D eigenvalue weighted by Gasteiger charge is -2.01. The molecule has 60 valence electrons. The van der Waals surface area contributed by atoms with Crippen LogP contribution in [0.25, 0.3) is 0 Å². The van der Waals surface area contributed by atoms with Crippen molar-refractivity contribution in [2.45, 2.75) is 6.42 Å². The van der Waals surface area contributed by atoms with Crippen molar-refractivity contribution in [2.24, 2.45) is 5.84 Å². The minimum absolute atomic E-state index is 0.318. The van der Waals surface area contributed by atoms with Crippen LogP contribution in [0.2, 0.25) is 0 Å². The fraction of sp³-hybridized carbons (Fsp3) is 0.800. The summed E-state index contributed by atoms with van der Waals surface area (Å²) in [5, 5.41) is 2.58. The largest absolute Gasteiger partial charge is 0.337 e. The van der Waals surface area contributed by atoms with Gasteiger partial charge in [0.2, 0.25) is 0 Å². The van der Waals surface area contributed by atoms with E-state index in [0.717, 1.165) is 12.2 Å². The summed E-state index contributed by atoms with van der Waals surface area (Å²) in [6, 6.07) is -0.318. The van der Waals surface area contributed by atoms with Gasteiger partial charge in [0.25, 0.3) is 0 Å². The molecule has 0 aromatic carbocycles. The number of carbonyl (C=O) groups excluding carboxylic acids is 1. The predicted molar refractivity (Wildman–Crippen MR) is 43.7 cm³/mol. The average Bonchev–Trinajstić information content (AvgIpc) is 1.98. The molecule has 0 radical (unpaired) electrons. The van der Waals surface area contributed by atoms with Crippen LogP contribution in [-0.2, 0) is 0 Å². The van der Waals surface area contributed by atoms with E-state index < -0.39 is 0 Å². The molecule has 0 heterocycles. The molecule has 0 spiro atoms. The monoisotopic (exact) mass is 163 g/mol. The van der Waals surface area contributed by atoms with Crippen molar-refractivity contribution in [3.05, 3.63) is 0 Å². The smallest absolute Gasteiger partial charge is 0.328 e. The van der Waals surface area contributed by atoms with Crippen molar-refractivity contribution in [3.8, 4) is 0 Å². The maximum absolute atomic E-state index is 10.4. The maximum Gasteiger partial charge on any atom is 0.328 e. The van der Waals surface area contributed by atoms with Crippen molar-refractivity contribution in [3.63, 3.8) is 0 Å². The van der Waals surface area contributed by atoms with Gasteiger partial charge < -0.3 is 5.32 Å². The maximum atomic E-state index is 10.4. The van der Waals surface area contributed by atoms with Crippen LogP contribution < -0.4 is 16.6 Å². The molecule has 0 unspecified atom stereocenters. The number of thioether (sulfide) groups is 1. The molecule has 0 aromatic heterocycles. The zero-order valence-corrected chi connectivity index (χ0v) is 6.83. The highest BCUT2D eigenvalue weighted by Gasteiger charge is 1.92. The summed E-state index contributed by atoms with van der Waals surface area (Å²) < 4.78 is 0. The molecule has 0 aliphatic carbocycles. The molecule has 10 heavy (non-hydrogen) atoms. The van der Waals surface area contributed by atoms with Gasteiger partial charge in [0, 0.05) is 6.54 Å². The number of urea groups is 1. The van der Waals surface area contributed by atoms with E-state index in [1.807, 2.05) is 11.7 Å². The van der Waals surface area contributed by atoms with E-state index in [0.29, 0.717) is 6.54 Å². The third-order valence-electron chi connectivity index (χ3n) is 0.942. The molecule has 5 heteroatoms. The lowest BCUT2D eigenvalue weighted by Crippen LogP contribution is -2.40. The second kappa shape index (κ2) is 6.70. The number of hydrogen-bond donors (Lipinski definition) is 3. The molecule has 4 N–H and O–H groups in total. The number of hydrogen-bond acceptors (Lipinski definition) is 3. The van der Waals surface area contributed by atoms with Gasteiger partial charge in [0.05, 0.1) is 0 Å². The number of rotatable bonds is 4. The van der Waals surface area contributed by atoms with Crippen LogP contribution >= 0.6 is 11.8 Å². The molecule has 0 aliphatic rings. The molecule has 0 fully saturated rings. The predicted octanol–water partition coefficient (Wildman–Crippen LogP) is -0.0876. The molecule has 4 nitrogen and oxygen atoms in total. The van der Waals surface area contributed by atoms with E-state index >= 15 is 0 Å². The van der Waals surface area contributed by atoms with Crippen molar-refractivity contribution in [1.82, 2.24) is 10.7 Å². The summed E-state index contributed by atoms with van der Waals surface area (Å²) >= 11 is 1.76. The van der Waals surface area contributed by atoms with Crippen LogP contribution in [-0.4, -0.2) is 24.6 Å². The van der Waals surface area contributed by atoms with Crippen molar-refractivity contribution >= 4 is 17.8 Å². The SMILES string of the molecule is CSCCCNC(=O)NN. The van der Waals surface area contributed by atoms with Gasteiger partial charge in [-0.2, -0.15) is 11.8 Å². The van der Waals surface area contributed by atoms with Crippen molar-refractivity contribution in [1.29, 1.82) is 0 Å². The summed E-state index contributed by atoms with van der Waals surface area (Å²) in [6.07, 6.45) is 3.01. The topological polar surface area (TPSA) is 67.2 Å². The van der Waals surface area contributed by atoms with E-state index in [1.54, 1.807) is 11.8 Å². The van der Waals surface area contributed by atoms with E-state index in [2.05, 4.69) is 5.32 Å². The Balaban J connectivity index is 2.96. The molecule has 0 aromatic rings. The Hall–Kier alpha value is -0.420. The van der Waals surface area contributed by atoms with Crippen LogP contribution in [0, 0.1) is 0 Å². The molecule has 0 atom stereocenters. The van der Waals surface area contributed by atoms with Gasteiger partial charge >= 0.3 is 6.03 Å². The molecule has 0 rings (SSSR count). The summed E-state index contributed by atoms with van der Waals surface area (Å²) in [4.78, 5) is 10.4. The highest BCUT2D eigenvalue weighted by molar-refractivity contribution is 7.98. The van der Waals surface area contributed by atoms with E-state index in [4.69, 9.17) is 5.84 Å². The first kappa shape index (κ1) is 9.58. The first-order valence-corrected chi connectivity index (χ1v) is 4.44. The second-order valence-corrected chi connectivity index (χ2v) is 2.73. The van der Waals surface area contributed by atoms with Gasteiger partial charge in [-0.15, -0.1) is 0 Å². The normalized spacial score (nSPS) is 9.00. The lowest BCUT2D eigenvalue weighted by atomic mass is 10.5. The van der Waals surface area contributed by atoms with Gasteiger partial charge in [-0.25, -0.2) is 10.6 Å². The zero-order valence-electron chi connectivity index (χ0n) is 6.02. The Labute approximate surface area is 64.9 Å². The molecular formula is C5H13N3OS. The standard InChI is InChI=1S/C5H13N3OS/c1-10-4-2-3-7-5(9)8-6/h2-4,6H2,1H3,(H2,7,8,9). The highest BCUT2D eigenvalue weighted by atomic mass is 32.2. The lowest BCUT2D eigenvalue weighted by molar-refractivity contribution is 0.241. The Kier molecular flexibility index (Phi) is 6.42. The van der Waals surface area contributed by atoms with Gasteiger partial charge in [-0.3, -0.25) is 5.43 Å². The minimum Gasteiger partial charge on any atom is -0.337 e. The molecule has 2 amide bonds. The van der Waals surface area contributed by atoms with Crippen LogP contribution in [0.5, 0.6) is 0 Å². The summed E-state index contributed by atoms with van der Waals surface area (Å²) in [5.41, 5.74) is 1.99. The summed E-state index contributed by atoms with van der Waals surface area (Å²) in [5.74, 6) is 5.88. The Morgan fingerprint density at radius 1 is 1.70 bits per heavy atom. The van der Waals surface area contributed by atoms with Gasteiger partial charge in [-0.05, 0) is 18.4 Å². The fourth-order valence-corrected chi connectivity index (χ4v) is 0.902. The van der Waals surface area contributed by atoms with Crippen LogP contribution in [0.1, 0.15) is 6.42 Å². The van der Waals surface area contributed by atoms with Crippen LogP contribution in [0.3, 0.4) is 0 Å². The number of amides is 2. The Morgan fingerprint density at radius 2 is 2.40 bits per heavy atom. The Morgan fingerprint density at radius 3 is 2.90 bits per heavy atom. The second-order valence-electron chi connectivity index (χ2n) is 1.75. The fourth-order valence-electron chi connectivity index (χ4n) is 0.469. The number of nitrogens with two attached hydrogens (primary N) is 1. The molecule has 0 saturated carbocycles. The van der Waals surface area contributed by atoms with E-state index in [-0.39, 0.29) is 6.03 Å². The Bertz CT molecular complexity index is 98.9. The number of hydrazine groups is 1. The molecule has 0 aliphatic heterocycles.